The third kappa shape index (κ3) is 5.63. The first kappa shape index (κ1) is 19.0. The molecule has 134 valence electrons. The second-order valence-electron chi connectivity index (χ2n) is 6.39. The molecule has 0 radical (unpaired) electrons. The minimum atomic E-state index is -0.485. The Balaban J connectivity index is 1.99. The number of terminal acetylenes is 1. The van der Waals surface area contributed by atoms with Crippen LogP contribution in [0.25, 0.3) is 0 Å². The summed E-state index contributed by atoms with van der Waals surface area (Å²) in [5, 5.41) is 11.7. The lowest BCUT2D eigenvalue weighted by molar-refractivity contribution is -0.154. The number of hydrogen-bond donors (Lipinski definition) is 2. The molecule has 1 aliphatic heterocycles. The molecule has 0 aromatic heterocycles. The highest BCUT2D eigenvalue weighted by molar-refractivity contribution is 5.91. The molecule has 1 aliphatic rings. The summed E-state index contributed by atoms with van der Waals surface area (Å²) < 4.78 is 11.6. The van der Waals surface area contributed by atoms with Crippen LogP contribution in [0, 0.1) is 24.2 Å². The Labute approximate surface area is 149 Å². The maximum Gasteiger partial charge on any atom is 0.286 e. The third-order valence-corrected chi connectivity index (χ3v) is 4.16. The van der Waals surface area contributed by atoms with Gasteiger partial charge in [0.2, 0.25) is 6.29 Å². The highest BCUT2D eigenvalue weighted by Crippen LogP contribution is 2.29. The average Bonchev–Trinajstić information content (AvgIpc) is 2.64. The van der Waals surface area contributed by atoms with Crippen molar-refractivity contribution in [3.63, 3.8) is 0 Å². The second-order valence-corrected chi connectivity index (χ2v) is 6.39. The maximum atomic E-state index is 12.1. The van der Waals surface area contributed by atoms with Gasteiger partial charge in [-0.15, -0.1) is 6.42 Å². The number of hydrogen-bond acceptors (Lipinski definition) is 4. The van der Waals surface area contributed by atoms with Crippen LogP contribution in [-0.4, -0.2) is 23.8 Å². The van der Waals surface area contributed by atoms with Crippen molar-refractivity contribution in [2.45, 2.75) is 39.8 Å². The monoisotopic (exact) mass is 343 g/mol. The quantitative estimate of drug-likeness (QED) is 0.746. The van der Waals surface area contributed by atoms with Crippen LogP contribution in [0.1, 0.15) is 31.4 Å². The van der Waals surface area contributed by atoms with Crippen molar-refractivity contribution >= 4 is 5.91 Å². The molecule has 5 heteroatoms. The van der Waals surface area contributed by atoms with Gasteiger partial charge in [0.05, 0.1) is 19.8 Å². The Hall–Kier alpha value is -2.29. The van der Waals surface area contributed by atoms with Crippen LogP contribution < -0.4 is 5.32 Å². The molecule has 0 unspecified atom stereocenters. The molecule has 1 aromatic carbocycles. The van der Waals surface area contributed by atoms with Gasteiger partial charge in [0.1, 0.15) is 0 Å². The van der Waals surface area contributed by atoms with E-state index in [-0.39, 0.29) is 30.7 Å². The molecule has 2 N–H and O–H groups in total. The number of rotatable bonds is 7. The van der Waals surface area contributed by atoms with Crippen LogP contribution in [0.4, 0.5) is 0 Å². The zero-order chi connectivity index (χ0) is 18.2. The zero-order valence-electron chi connectivity index (χ0n) is 14.7. The first-order chi connectivity index (χ1) is 12.0. The van der Waals surface area contributed by atoms with Gasteiger partial charge in [0.15, 0.2) is 5.76 Å². The van der Waals surface area contributed by atoms with Gasteiger partial charge < -0.3 is 19.9 Å². The zero-order valence-corrected chi connectivity index (χ0v) is 14.7. The van der Waals surface area contributed by atoms with Crippen LogP contribution in [-0.2, 0) is 27.5 Å². The minimum Gasteiger partial charge on any atom is -0.459 e. The molecule has 2 rings (SSSR count). The predicted octanol–water partition coefficient (Wildman–Crippen LogP) is 2.35. The summed E-state index contributed by atoms with van der Waals surface area (Å²) in [5.74, 6) is 2.89. The highest BCUT2D eigenvalue weighted by Gasteiger charge is 2.29. The van der Waals surface area contributed by atoms with Crippen LogP contribution in [0.2, 0.25) is 0 Å². The Morgan fingerprint density at radius 1 is 1.40 bits per heavy atom. The molecular formula is C20H25NO4. The molecule has 0 saturated carbocycles. The summed E-state index contributed by atoms with van der Waals surface area (Å²) >= 11 is 0. The fourth-order valence-corrected chi connectivity index (χ4v) is 2.56. The van der Waals surface area contributed by atoms with Crippen molar-refractivity contribution < 1.29 is 19.4 Å². The number of ether oxygens (including phenoxy) is 2. The van der Waals surface area contributed by atoms with Gasteiger partial charge in [-0.05, 0) is 29.0 Å². The molecule has 25 heavy (non-hydrogen) atoms. The fourth-order valence-electron chi connectivity index (χ4n) is 2.56. The number of nitrogens with one attached hydrogen (secondary N) is 1. The van der Waals surface area contributed by atoms with Crippen molar-refractivity contribution in [3.8, 4) is 12.3 Å². The largest absolute Gasteiger partial charge is 0.459 e. The lowest BCUT2D eigenvalue weighted by Gasteiger charge is -2.30. The molecule has 0 aliphatic carbocycles. The summed E-state index contributed by atoms with van der Waals surface area (Å²) in [5.41, 5.74) is 1.84. The van der Waals surface area contributed by atoms with Gasteiger partial charge in [-0.1, -0.05) is 44.0 Å². The van der Waals surface area contributed by atoms with Crippen molar-refractivity contribution in [2.24, 2.45) is 11.8 Å². The van der Waals surface area contributed by atoms with E-state index in [1.807, 2.05) is 30.3 Å². The lowest BCUT2D eigenvalue weighted by atomic mass is 9.90. The smallest absolute Gasteiger partial charge is 0.286 e. The van der Waals surface area contributed by atoms with E-state index in [4.69, 9.17) is 21.0 Å². The molecule has 1 amide bonds. The molecule has 5 nitrogen and oxygen atoms in total. The first-order valence-electron chi connectivity index (χ1n) is 8.44. The van der Waals surface area contributed by atoms with Crippen LogP contribution in [0.3, 0.4) is 0 Å². The lowest BCUT2D eigenvalue weighted by Crippen LogP contribution is -2.34. The van der Waals surface area contributed by atoms with E-state index in [1.165, 1.54) is 0 Å². The van der Waals surface area contributed by atoms with Crippen molar-refractivity contribution in [1.29, 1.82) is 0 Å². The molecule has 0 bridgehead atoms. The van der Waals surface area contributed by atoms with E-state index in [2.05, 4.69) is 25.1 Å². The van der Waals surface area contributed by atoms with Crippen molar-refractivity contribution in [2.75, 3.05) is 6.54 Å². The third-order valence-electron chi connectivity index (χ3n) is 4.16. The fraction of sp³-hybridized carbons (Fsp3) is 0.450. The summed E-state index contributed by atoms with van der Waals surface area (Å²) in [6, 6.07) is 7.53. The summed E-state index contributed by atoms with van der Waals surface area (Å²) in [4.78, 5) is 12.1. The number of amides is 1. The Morgan fingerprint density at radius 2 is 2.08 bits per heavy atom. The predicted molar refractivity (Wildman–Crippen MR) is 94.9 cm³/mol. The van der Waals surface area contributed by atoms with E-state index < -0.39 is 6.29 Å². The first-order valence-corrected chi connectivity index (χ1v) is 8.44. The molecule has 1 aromatic rings. The van der Waals surface area contributed by atoms with Gasteiger partial charge in [-0.3, -0.25) is 4.79 Å². The van der Waals surface area contributed by atoms with Gasteiger partial charge in [0.25, 0.3) is 5.91 Å². The van der Waals surface area contributed by atoms with Crippen molar-refractivity contribution in [3.05, 3.63) is 47.2 Å². The van der Waals surface area contributed by atoms with Crippen LogP contribution in [0.5, 0.6) is 0 Å². The highest BCUT2D eigenvalue weighted by atomic mass is 16.7. The van der Waals surface area contributed by atoms with Crippen LogP contribution >= 0.6 is 0 Å². The topological polar surface area (TPSA) is 67.8 Å². The van der Waals surface area contributed by atoms with E-state index in [9.17, 15) is 4.79 Å². The van der Waals surface area contributed by atoms with E-state index in [1.54, 1.807) is 0 Å². The number of carbonyl (C=O) groups excluding carboxylic acids is 1. The normalized spacial score (nSPS) is 19.7. The molecule has 0 spiro atoms. The van der Waals surface area contributed by atoms with Gasteiger partial charge in [-0.25, -0.2) is 0 Å². The van der Waals surface area contributed by atoms with Gasteiger partial charge in [-0.2, -0.15) is 0 Å². The molecular weight excluding hydrogens is 318 g/mol. The Bertz CT molecular complexity index is 643. The van der Waals surface area contributed by atoms with Crippen molar-refractivity contribution in [1.82, 2.24) is 5.32 Å². The number of allylic oxidation sites excluding steroid dienone is 1. The molecule has 1 heterocycles. The number of carbonyl (C=O) groups is 1. The molecule has 2 atom stereocenters. The number of aliphatic hydroxyl groups is 1. The molecule has 0 saturated heterocycles. The number of benzene rings is 1. The minimum absolute atomic E-state index is 0.0177. The van der Waals surface area contributed by atoms with Gasteiger partial charge in [0, 0.05) is 6.42 Å². The SMILES string of the molecule is C#CCNC(=O)C1=C[C@H](C(C)C)C[C@H](OCc2ccc(CO)cc2)O1. The summed E-state index contributed by atoms with van der Waals surface area (Å²) in [7, 11) is 0. The summed E-state index contributed by atoms with van der Waals surface area (Å²) in [6.07, 6.45) is 7.24. The van der Waals surface area contributed by atoms with E-state index in [0.717, 1.165) is 11.1 Å². The van der Waals surface area contributed by atoms with Crippen LogP contribution in [0.15, 0.2) is 36.1 Å². The van der Waals surface area contributed by atoms with E-state index in [0.29, 0.717) is 18.9 Å². The number of aliphatic hydroxyl groups excluding tert-OH is 1. The second kappa shape index (κ2) is 9.26. The van der Waals surface area contributed by atoms with Gasteiger partial charge >= 0.3 is 0 Å². The Morgan fingerprint density at radius 3 is 2.68 bits per heavy atom. The van der Waals surface area contributed by atoms with E-state index >= 15 is 0 Å². The average molecular weight is 343 g/mol. The maximum absolute atomic E-state index is 12.1. The Kier molecular flexibility index (Phi) is 7.05. The standard InChI is InChI=1S/C20H25NO4/c1-4-9-21-20(23)18-10-17(14(2)3)11-19(25-18)24-13-16-7-5-15(12-22)6-8-16/h1,5-8,10,14,17,19,22H,9,11-13H2,2-3H3,(H,21,23)/t17-,19+/m0/s1. The summed E-state index contributed by atoms with van der Waals surface area (Å²) in [6.45, 7) is 4.77. The molecule has 0 fully saturated rings.